The van der Waals surface area contributed by atoms with Crippen LogP contribution in [0.5, 0.6) is 0 Å². The number of benzene rings is 2. The Balaban J connectivity index is 2.31. The Morgan fingerprint density at radius 2 is 1.53 bits per heavy atom. The first-order chi connectivity index (χ1) is 8.97. The molecule has 19 heavy (non-hydrogen) atoms. The van der Waals surface area contributed by atoms with E-state index in [1.54, 1.807) is 12.1 Å². The molecule has 0 unspecified atom stereocenters. The van der Waals surface area contributed by atoms with Crippen molar-refractivity contribution in [2.24, 2.45) is 0 Å². The molecule has 0 fully saturated rings. The van der Waals surface area contributed by atoms with Gasteiger partial charge in [-0.05, 0) is 38.1 Å². The number of ketones is 1. The van der Waals surface area contributed by atoms with Gasteiger partial charge < -0.3 is 0 Å². The number of hydrogen-bond donors (Lipinski definition) is 0. The van der Waals surface area contributed by atoms with Gasteiger partial charge in [0.2, 0.25) is 0 Å². The van der Waals surface area contributed by atoms with Crippen molar-refractivity contribution >= 4 is 5.78 Å². The van der Waals surface area contributed by atoms with E-state index in [9.17, 15) is 13.6 Å². The van der Waals surface area contributed by atoms with Crippen LogP contribution in [-0.4, -0.2) is 5.78 Å². The van der Waals surface area contributed by atoms with Gasteiger partial charge in [-0.25, -0.2) is 8.78 Å². The highest BCUT2D eigenvalue weighted by molar-refractivity contribution is 5.97. The van der Waals surface area contributed by atoms with Crippen LogP contribution in [0.4, 0.5) is 8.78 Å². The number of halogens is 2. The maximum Gasteiger partial charge on any atom is 0.167 e. The van der Waals surface area contributed by atoms with Crippen molar-refractivity contribution < 1.29 is 13.6 Å². The molecule has 0 saturated heterocycles. The van der Waals surface area contributed by atoms with Gasteiger partial charge in [0.1, 0.15) is 11.6 Å². The standard InChI is InChI=1S/C16H14F2O/c1-10-6-11(2)8-12(7-10)16(19)9-13-14(17)4-3-5-15(13)18/h3-8H,9H2,1-2H3. The average molecular weight is 260 g/mol. The van der Waals surface area contributed by atoms with Crippen molar-refractivity contribution in [1.82, 2.24) is 0 Å². The van der Waals surface area contributed by atoms with E-state index in [4.69, 9.17) is 0 Å². The molecule has 0 atom stereocenters. The molecule has 0 aromatic heterocycles. The fourth-order valence-corrected chi connectivity index (χ4v) is 2.10. The predicted octanol–water partition coefficient (Wildman–Crippen LogP) is 4.01. The van der Waals surface area contributed by atoms with Gasteiger partial charge in [-0.15, -0.1) is 0 Å². The summed E-state index contributed by atoms with van der Waals surface area (Å²) in [6, 6.07) is 9.01. The van der Waals surface area contributed by atoms with Gasteiger partial charge in [-0.1, -0.05) is 23.3 Å². The van der Waals surface area contributed by atoms with Crippen LogP contribution in [0.25, 0.3) is 0 Å². The van der Waals surface area contributed by atoms with E-state index >= 15 is 0 Å². The van der Waals surface area contributed by atoms with Gasteiger partial charge in [-0.2, -0.15) is 0 Å². The minimum Gasteiger partial charge on any atom is -0.294 e. The first kappa shape index (κ1) is 13.4. The summed E-state index contributed by atoms with van der Waals surface area (Å²) in [6.07, 6.45) is -0.263. The van der Waals surface area contributed by atoms with E-state index in [1.165, 1.54) is 6.07 Å². The van der Waals surface area contributed by atoms with Crippen LogP contribution in [0.2, 0.25) is 0 Å². The fraction of sp³-hybridized carbons (Fsp3) is 0.188. The monoisotopic (exact) mass is 260 g/mol. The highest BCUT2D eigenvalue weighted by atomic mass is 19.1. The van der Waals surface area contributed by atoms with Gasteiger partial charge in [-0.3, -0.25) is 4.79 Å². The highest BCUT2D eigenvalue weighted by Gasteiger charge is 2.14. The molecule has 2 aromatic carbocycles. The highest BCUT2D eigenvalue weighted by Crippen LogP contribution is 2.17. The van der Waals surface area contributed by atoms with E-state index in [0.29, 0.717) is 5.56 Å². The van der Waals surface area contributed by atoms with Crippen LogP contribution >= 0.6 is 0 Å². The van der Waals surface area contributed by atoms with Gasteiger partial charge in [0.15, 0.2) is 5.78 Å². The molecule has 0 bridgehead atoms. The lowest BCUT2D eigenvalue weighted by atomic mass is 9.99. The van der Waals surface area contributed by atoms with Crippen molar-refractivity contribution in [3.8, 4) is 0 Å². The molecule has 0 aliphatic carbocycles. The molecular weight excluding hydrogens is 246 g/mol. The number of hydrogen-bond acceptors (Lipinski definition) is 1. The van der Waals surface area contributed by atoms with Gasteiger partial charge in [0.05, 0.1) is 0 Å². The second-order valence-electron chi connectivity index (χ2n) is 4.68. The Bertz CT molecular complexity index is 592. The van der Waals surface area contributed by atoms with Crippen LogP contribution in [-0.2, 0) is 6.42 Å². The lowest BCUT2D eigenvalue weighted by molar-refractivity contribution is 0.0990. The van der Waals surface area contributed by atoms with E-state index < -0.39 is 11.6 Å². The Morgan fingerprint density at radius 3 is 2.05 bits per heavy atom. The number of aryl methyl sites for hydroxylation is 2. The molecule has 2 aromatic rings. The van der Waals surface area contributed by atoms with Crippen LogP contribution in [0.1, 0.15) is 27.0 Å². The summed E-state index contributed by atoms with van der Waals surface area (Å²) in [7, 11) is 0. The molecule has 98 valence electrons. The van der Waals surface area contributed by atoms with E-state index in [1.807, 2.05) is 19.9 Å². The third-order valence-corrected chi connectivity index (χ3v) is 2.94. The lowest BCUT2D eigenvalue weighted by Crippen LogP contribution is -2.08. The number of carbonyl (C=O) groups excluding carboxylic acids is 1. The summed E-state index contributed by atoms with van der Waals surface area (Å²) >= 11 is 0. The molecule has 0 radical (unpaired) electrons. The molecule has 0 amide bonds. The second kappa shape index (κ2) is 5.31. The van der Waals surface area contributed by atoms with Crippen LogP contribution in [0.3, 0.4) is 0 Å². The minimum atomic E-state index is -0.683. The van der Waals surface area contributed by atoms with E-state index in [2.05, 4.69) is 0 Å². The average Bonchev–Trinajstić information content (AvgIpc) is 2.32. The van der Waals surface area contributed by atoms with Crippen molar-refractivity contribution in [1.29, 1.82) is 0 Å². The number of Topliss-reactive ketones (excluding diaryl/α,β-unsaturated/α-hetero) is 1. The summed E-state index contributed by atoms with van der Waals surface area (Å²) < 4.78 is 27.0. The summed E-state index contributed by atoms with van der Waals surface area (Å²) in [4.78, 5) is 12.1. The normalized spacial score (nSPS) is 10.5. The third-order valence-electron chi connectivity index (χ3n) is 2.94. The quantitative estimate of drug-likeness (QED) is 0.762. The summed E-state index contributed by atoms with van der Waals surface area (Å²) in [5.74, 6) is -1.65. The smallest absolute Gasteiger partial charge is 0.167 e. The molecule has 0 aliphatic heterocycles. The first-order valence-electron chi connectivity index (χ1n) is 6.02. The lowest BCUT2D eigenvalue weighted by Gasteiger charge is -2.06. The molecular formula is C16H14F2O. The molecule has 0 aliphatic rings. The van der Waals surface area contributed by atoms with Crippen molar-refractivity contribution in [3.05, 3.63) is 70.3 Å². The molecule has 1 nitrogen and oxygen atoms in total. The maximum absolute atomic E-state index is 13.5. The summed E-state index contributed by atoms with van der Waals surface area (Å²) in [6.45, 7) is 3.76. The molecule has 2 rings (SSSR count). The minimum absolute atomic E-state index is 0.174. The SMILES string of the molecule is Cc1cc(C)cc(C(=O)Cc2c(F)cccc2F)c1. The molecule has 0 saturated carbocycles. The topological polar surface area (TPSA) is 17.1 Å². The maximum atomic E-state index is 13.5. The van der Waals surface area contributed by atoms with Gasteiger partial charge in [0.25, 0.3) is 0 Å². The van der Waals surface area contributed by atoms with Crippen molar-refractivity contribution in [2.45, 2.75) is 20.3 Å². The third kappa shape index (κ3) is 3.05. The molecule has 0 heterocycles. The van der Waals surface area contributed by atoms with Crippen LogP contribution in [0.15, 0.2) is 36.4 Å². The zero-order valence-corrected chi connectivity index (χ0v) is 10.8. The zero-order valence-electron chi connectivity index (χ0n) is 10.8. The summed E-state index contributed by atoms with van der Waals surface area (Å²) in [5.41, 5.74) is 2.22. The molecule has 0 N–H and O–H groups in total. The van der Waals surface area contributed by atoms with Crippen molar-refractivity contribution in [2.75, 3.05) is 0 Å². The first-order valence-corrected chi connectivity index (χ1v) is 6.02. The Labute approximate surface area is 110 Å². The van der Waals surface area contributed by atoms with Gasteiger partial charge in [0, 0.05) is 17.5 Å². The Morgan fingerprint density at radius 1 is 1.00 bits per heavy atom. The predicted molar refractivity (Wildman–Crippen MR) is 70.3 cm³/mol. The second-order valence-corrected chi connectivity index (χ2v) is 4.68. The van der Waals surface area contributed by atoms with E-state index in [0.717, 1.165) is 23.3 Å². The Hall–Kier alpha value is -2.03. The fourth-order valence-electron chi connectivity index (χ4n) is 2.10. The number of carbonyl (C=O) groups is 1. The molecule has 0 spiro atoms. The molecule has 3 heteroatoms. The van der Waals surface area contributed by atoms with Gasteiger partial charge >= 0.3 is 0 Å². The van der Waals surface area contributed by atoms with Crippen LogP contribution in [0, 0.1) is 25.5 Å². The Kier molecular flexibility index (Phi) is 3.74. The largest absolute Gasteiger partial charge is 0.294 e. The van der Waals surface area contributed by atoms with Crippen molar-refractivity contribution in [3.63, 3.8) is 0 Å². The van der Waals surface area contributed by atoms with Crippen LogP contribution < -0.4 is 0 Å². The van der Waals surface area contributed by atoms with E-state index in [-0.39, 0.29) is 17.8 Å². The zero-order chi connectivity index (χ0) is 14.0. The number of rotatable bonds is 3. The summed E-state index contributed by atoms with van der Waals surface area (Å²) in [5, 5.41) is 0.